The van der Waals surface area contributed by atoms with E-state index in [1.54, 1.807) is 12.5 Å². The standard InChI is InChI=1S/C11H17N5O/c1-3-5-16-7-13-6-8(16)10(12)11-14-9(4-2)17-15-11/h6-7,10H,3-5,12H2,1-2H3. The first-order chi connectivity index (χ1) is 8.26. The summed E-state index contributed by atoms with van der Waals surface area (Å²) in [7, 11) is 0. The lowest BCUT2D eigenvalue weighted by Gasteiger charge is -2.10. The van der Waals surface area contributed by atoms with E-state index in [4.69, 9.17) is 10.3 Å². The Morgan fingerprint density at radius 2 is 2.29 bits per heavy atom. The van der Waals surface area contributed by atoms with Gasteiger partial charge in [-0.2, -0.15) is 4.98 Å². The van der Waals surface area contributed by atoms with Crippen LogP contribution in [0.5, 0.6) is 0 Å². The Bertz CT molecular complexity index is 476. The summed E-state index contributed by atoms with van der Waals surface area (Å²) >= 11 is 0. The van der Waals surface area contributed by atoms with E-state index < -0.39 is 0 Å². The van der Waals surface area contributed by atoms with Crippen molar-refractivity contribution >= 4 is 0 Å². The first-order valence-corrected chi connectivity index (χ1v) is 5.84. The molecule has 2 aromatic heterocycles. The van der Waals surface area contributed by atoms with Crippen molar-refractivity contribution in [1.29, 1.82) is 0 Å². The molecule has 2 aromatic rings. The third kappa shape index (κ3) is 2.36. The van der Waals surface area contributed by atoms with E-state index in [-0.39, 0.29) is 6.04 Å². The topological polar surface area (TPSA) is 82.8 Å². The van der Waals surface area contributed by atoms with Crippen LogP contribution in [0, 0.1) is 0 Å². The first kappa shape index (κ1) is 11.8. The SMILES string of the molecule is CCCn1cncc1C(N)c1noc(CC)n1. The first-order valence-electron chi connectivity index (χ1n) is 5.84. The zero-order chi connectivity index (χ0) is 12.3. The molecule has 6 nitrogen and oxygen atoms in total. The highest BCUT2D eigenvalue weighted by atomic mass is 16.5. The third-order valence-electron chi connectivity index (χ3n) is 2.59. The molecule has 0 bridgehead atoms. The summed E-state index contributed by atoms with van der Waals surface area (Å²) in [4.78, 5) is 8.35. The maximum atomic E-state index is 6.11. The molecule has 0 aliphatic heterocycles. The van der Waals surface area contributed by atoms with Gasteiger partial charge in [-0.3, -0.25) is 0 Å². The Hall–Kier alpha value is -1.69. The van der Waals surface area contributed by atoms with Gasteiger partial charge in [-0.15, -0.1) is 0 Å². The van der Waals surface area contributed by atoms with Crippen LogP contribution in [0.4, 0.5) is 0 Å². The Morgan fingerprint density at radius 1 is 1.47 bits per heavy atom. The molecule has 2 N–H and O–H groups in total. The molecule has 0 saturated carbocycles. The quantitative estimate of drug-likeness (QED) is 0.844. The molecule has 17 heavy (non-hydrogen) atoms. The van der Waals surface area contributed by atoms with Crippen molar-refractivity contribution in [1.82, 2.24) is 19.7 Å². The molecule has 0 saturated heterocycles. The Morgan fingerprint density at radius 3 is 2.94 bits per heavy atom. The van der Waals surface area contributed by atoms with Gasteiger partial charge in [0.25, 0.3) is 0 Å². The number of nitrogens with zero attached hydrogens (tertiary/aromatic N) is 4. The normalized spacial score (nSPS) is 12.9. The number of imidazole rings is 1. The lowest BCUT2D eigenvalue weighted by atomic mass is 10.2. The molecule has 2 heterocycles. The van der Waals surface area contributed by atoms with Crippen molar-refractivity contribution < 1.29 is 4.52 Å². The van der Waals surface area contributed by atoms with Gasteiger partial charge < -0.3 is 14.8 Å². The smallest absolute Gasteiger partial charge is 0.226 e. The van der Waals surface area contributed by atoms with Crippen LogP contribution in [0.15, 0.2) is 17.0 Å². The van der Waals surface area contributed by atoms with Gasteiger partial charge in [0.05, 0.1) is 18.2 Å². The average molecular weight is 235 g/mol. The molecule has 0 spiro atoms. The molecule has 1 unspecified atom stereocenters. The Balaban J connectivity index is 2.23. The van der Waals surface area contributed by atoms with Gasteiger partial charge in [0.15, 0.2) is 5.82 Å². The van der Waals surface area contributed by atoms with E-state index >= 15 is 0 Å². The van der Waals surface area contributed by atoms with Gasteiger partial charge >= 0.3 is 0 Å². The van der Waals surface area contributed by atoms with Crippen LogP contribution in [0.1, 0.15) is 43.7 Å². The van der Waals surface area contributed by atoms with Gasteiger partial charge in [-0.1, -0.05) is 19.0 Å². The Labute approximate surface area is 99.8 Å². The van der Waals surface area contributed by atoms with Crippen LogP contribution in [-0.4, -0.2) is 19.7 Å². The van der Waals surface area contributed by atoms with Gasteiger partial charge in [0.2, 0.25) is 5.89 Å². The maximum Gasteiger partial charge on any atom is 0.226 e. The van der Waals surface area contributed by atoms with E-state index in [1.165, 1.54) is 0 Å². The predicted octanol–water partition coefficient (Wildman–Crippen LogP) is 1.29. The van der Waals surface area contributed by atoms with E-state index in [0.717, 1.165) is 18.7 Å². The van der Waals surface area contributed by atoms with Crippen LogP contribution >= 0.6 is 0 Å². The van der Waals surface area contributed by atoms with Crippen LogP contribution in [-0.2, 0) is 13.0 Å². The number of aromatic nitrogens is 4. The third-order valence-corrected chi connectivity index (χ3v) is 2.59. The van der Waals surface area contributed by atoms with Crippen molar-refractivity contribution in [3.63, 3.8) is 0 Å². The van der Waals surface area contributed by atoms with E-state index in [2.05, 4.69) is 22.0 Å². The zero-order valence-corrected chi connectivity index (χ0v) is 10.1. The number of rotatable bonds is 5. The fraction of sp³-hybridized carbons (Fsp3) is 0.545. The van der Waals surface area contributed by atoms with Crippen molar-refractivity contribution in [2.75, 3.05) is 0 Å². The minimum Gasteiger partial charge on any atom is -0.339 e. The summed E-state index contributed by atoms with van der Waals surface area (Å²) in [5, 5.41) is 3.89. The van der Waals surface area contributed by atoms with Crippen LogP contribution < -0.4 is 5.73 Å². The van der Waals surface area contributed by atoms with Crippen LogP contribution in [0.2, 0.25) is 0 Å². The van der Waals surface area contributed by atoms with Gasteiger partial charge in [-0.25, -0.2) is 4.98 Å². The highest BCUT2D eigenvalue weighted by Crippen LogP contribution is 2.17. The molecule has 6 heteroatoms. The highest BCUT2D eigenvalue weighted by molar-refractivity contribution is 5.14. The summed E-state index contributed by atoms with van der Waals surface area (Å²) in [5.74, 6) is 1.12. The van der Waals surface area contributed by atoms with Gasteiger partial charge in [0, 0.05) is 13.0 Å². The number of aryl methyl sites for hydroxylation is 2. The molecule has 0 amide bonds. The summed E-state index contributed by atoms with van der Waals surface area (Å²) in [5.41, 5.74) is 7.03. The summed E-state index contributed by atoms with van der Waals surface area (Å²) in [6, 6.07) is -0.381. The molecule has 0 aliphatic rings. The van der Waals surface area contributed by atoms with E-state index in [9.17, 15) is 0 Å². The van der Waals surface area contributed by atoms with Crippen molar-refractivity contribution in [3.05, 3.63) is 29.9 Å². The predicted molar refractivity (Wildman–Crippen MR) is 62.2 cm³/mol. The number of nitrogens with two attached hydrogens (primary N) is 1. The maximum absolute atomic E-state index is 6.11. The monoisotopic (exact) mass is 235 g/mol. The molecular formula is C11H17N5O. The second kappa shape index (κ2) is 5.09. The summed E-state index contributed by atoms with van der Waals surface area (Å²) in [6.07, 6.45) is 5.28. The van der Waals surface area contributed by atoms with E-state index in [1.807, 2.05) is 11.5 Å². The van der Waals surface area contributed by atoms with Crippen molar-refractivity contribution in [2.24, 2.45) is 5.73 Å². The molecule has 0 radical (unpaired) electrons. The van der Waals surface area contributed by atoms with Crippen LogP contribution in [0.3, 0.4) is 0 Å². The second-order valence-electron chi connectivity index (χ2n) is 3.89. The zero-order valence-electron chi connectivity index (χ0n) is 10.1. The minimum absolute atomic E-state index is 0.381. The number of hydrogen-bond donors (Lipinski definition) is 1. The molecule has 1 atom stereocenters. The molecule has 0 fully saturated rings. The summed E-state index contributed by atoms with van der Waals surface area (Å²) < 4.78 is 7.08. The highest BCUT2D eigenvalue weighted by Gasteiger charge is 2.19. The second-order valence-corrected chi connectivity index (χ2v) is 3.89. The minimum atomic E-state index is -0.381. The molecule has 2 rings (SSSR count). The van der Waals surface area contributed by atoms with Crippen LogP contribution in [0.25, 0.3) is 0 Å². The molecular weight excluding hydrogens is 218 g/mol. The van der Waals surface area contributed by atoms with Gasteiger partial charge in [0.1, 0.15) is 6.04 Å². The lowest BCUT2D eigenvalue weighted by molar-refractivity contribution is 0.374. The fourth-order valence-electron chi connectivity index (χ4n) is 1.69. The average Bonchev–Trinajstić information content (AvgIpc) is 2.97. The van der Waals surface area contributed by atoms with Gasteiger partial charge in [-0.05, 0) is 6.42 Å². The largest absolute Gasteiger partial charge is 0.339 e. The molecule has 0 aliphatic carbocycles. The van der Waals surface area contributed by atoms with Crippen molar-refractivity contribution in [2.45, 2.75) is 39.3 Å². The fourth-order valence-corrected chi connectivity index (χ4v) is 1.69. The number of hydrogen-bond acceptors (Lipinski definition) is 5. The molecule has 0 aromatic carbocycles. The Kier molecular flexibility index (Phi) is 3.53. The van der Waals surface area contributed by atoms with E-state index in [0.29, 0.717) is 18.1 Å². The summed E-state index contributed by atoms with van der Waals surface area (Å²) in [6.45, 7) is 4.96. The lowest BCUT2D eigenvalue weighted by Crippen LogP contribution is -2.18. The molecule has 92 valence electrons. The van der Waals surface area contributed by atoms with Crippen molar-refractivity contribution in [3.8, 4) is 0 Å².